The summed E-state index contributed by atoms with van der Waals surface area (Å²) in [6, 6.07) is 7.39. The predicted octanol–water partition coefficient (Wildman–Crippen LogP) is 1.99. The lowest BCUT2D eigenvalue weighted by Crippen LogP contribution is -2.45. The molecule has 2 N–H and O–H groups in total. The predicted molar refractivity (Wildman–Crippen MR) is 79.8 cm³/mol. The quantitative estimate of drug-likeness (QED) is 0.804. The van der Waals surface area contributed by atoms with Crippen LogP contribution in [-0.4, -0.2) is 48.4 Å². The van der Waals surface area contributed by atoms with Crippen molar-refractivity contribution < 1.29 is 14.6 Å². The first kappa shape index (κ1) is 15.1. The van der Waals surface area contributed by atoms with E-state index in [1.807, 2.05) is 24.3 Å². The Morgan fingerprint density at radius 1 is 1.45 bits per heavy atom. The van der Waals surface area contributed by atoms with Crippen LogP contribution in [-0.2, 0) is 0 Å². The highest BCUT2D eigenvalue weighted by Crippen LogP contribution is 2.17. The Bertz CT molecular complexity index is 439. The van der Waals surface area contributed by atoms with Crippen LogP contribution in [0.3, 0.4) is 0 Å². The minimum atomic E-state index is -0.124. The van der Waals surface area contributed by atoms with Crippen LogP contribution < -0.4 is 10.1 Å². The van der Waals surface area contributed by atoms with Gasteiger partial charge < -0.3 is 20.1 Å². The van der Waals surface area contributed by atoms with E-state index in [2.05, 4.69) is 21.2 Å². The van der Waals surface area contributed by atoms with Gasteiger partial charge in [0.2, 0.25) is 0 Å². The van der Waals surface area contributed by atoms with Gasteiger partial charge in [0.15, 0.2) is 0 Å². The van der Waals surface area contributed by atoms with Crippen molar-refractivity contribution in [1.29, 1.82) is 0 Å². The van der Waals surface area contributed by atoms with Gasteiger partial charge in [-0.1, -0.05) is 15.9 Å². The molecule has 1 unspecified atom stereocenters. The van der Waals surface area contributed by atoms with Gasteiger partial charge in [-0.15, -0.1) is 0 Å². The maximum absolute atomic E-state index is 11.9. The Labute approximate surface area is 127 Å². The molecule has 1 saturated heterocycles. The number of carbonyl (C=O) groups is 1. The Hall–Kier alpha value is -1.27. The number of hydrogen-bond donors (Lipinski definition) is 2. The van der Waals surface area contributed by atoms with Gasteiger partial charge in [-0.25, -0.2) is 4.79 Å². The first-order valence-electron chi connectivity index (χ1n) is 6.74. The molecule has 1 aliphatic heterocycles. The van der Waals surface area contributed by atoms with Crippen molar-refractivity contribution >= 4 is 22.0 Å². The number of likely N-dealkylation sites (tertiary alicyclic amines) is 1. The summed E-state index contributed by atoms with van der Waals surface area (Å²) >= 11 is 3.36. The normalized spacial score (nSPS) is 18.1. The molecule has 0 aromatic heterocycles. The molecule has 110 valence electrons. The highest BCUT2D eigenvalue weighted by Gasteiger charge is 2.27. The number of rotatable bonds is 5. The van der Waals surface area contributed by atoms with Crippen molar-refractivity contribution in [3.63, 3.8) is 0 Å². The molecular formula is C14H19BrN2O3. The standard InChI is InChI=1S/C14H19BrN2O3/c15-11-3-5-13(6-4-11)20-9-7-16-14(19)17-8-1-2-12(17)10-18/h3-6,12,18H,1-2,7-10H2,(H,16,19). The first-order chi connectivity index (χ1) is 9.70. The van der Waals surface area contributed by atoms with Crippen molar-refractivity contribution in [2.24, 2.45) is 0 Å². The zero-order valence-electron chi connectivity index (χ0n) is 11.2. The largest absolute Gasteiger partial charge is 0.492 e. The van der Waals surface area contributed by atoms with Gasteiger partial charge in [0.1, 0.15) is 12.4 Å². The molecule has 0 spiro atoms. The molecule has 1 fully saturated rings. The second-order valence-electron chi connectivity index (χ2n) is 4.71. The van der Waals surface area contributed by atoms with E-state index >= 15 is 0 Å². The molecule has 6 heteroatoms. The molecule has 1 aromatic rings. The minimum Gasteiger partial charge on any atom is -0.492 e. The van der Waals surface area contributed by atoms with Crippen LogP contribution in [0, 0.1) is 0 Å². The Balaban J connectivity index is 1.68. The third-order valence-electron chi connectivity index (χ3n) is 3.31. The molecule has 1 aliphatic rings. The number of aliphatic hydroxyl groups excluding tert-OH is 1. The molecule has 5 nitrogen and oxygen atoms in total. The van der Waals surface area contributed by atoms with E-state index in [4.69, 9.17) is 4.74 Å². The number of aliphatic hydroxyl groups is 1. The van der Waals surface area contributed by atoms with Gasteiger partial charge in [-0.2, -0.15) is 0 Å². The highest BCUT2D eigenvalue weighted by molar-refractivity contribution is 9.10. The van der Waals surface area contributed by atoms with E-state index in [1.54, 1.807) is 4.90 Å². The van der Waals surface area contributed by atoms with E-state index in [0.29, 0.717) is 19.7 Å². The van der Waals surface area contributed by atoms with E-state index in [0.717, 1.165) is 23.1 Å². The fourth-order valence-electron chi connectivity index (χ4n) is 2.25. The Kier molecular flexibility index (Phi) is 5.67. The van der Waals surface area contributed by atoms with Crippen molar-refractivity contribution in [1.82, 2.24) is 10.2 Å². The maximum atomic E-state index is 11.9. The van der Waals surface area contributed by atoms with Gasteiger partial charge in [0.05, 0.1) is 19.2 Å². The fraction of sp³-hybridized carbons (Fsp3) is 0.500. The maximum Gasteiger partial charge on any atom is 0.317 e. The van der Waals surface area contributed by atoms with E-state index in [1.165, 1.54) is 0 Å². The molecule has 0 radical (unpaired) electrons. The molecule has 1 atom stereocenters. The number of benzene rings is 1. The average molecular weight is 343 g/mol. The lowest BCUT2D eigenvalue weighted by atomic mass is 10.2. The van der Waals surface area contributed by atoms with Crippen LogP contribution in [0.25, 0.3) is 0 Å². The lowest BCUT2D eigenvalue weighted by molar-refractivity contribution is 0.156. The summed E-state index contributed by atoms with van der Waals surface area (Å²) in [6.45, 7) is 1.61. The van der Waals surface area contributed by atoms with Crippen LogP contribution in [0.2, 0.25) is 0 Å². The van der Waals surface area contributed by atoms with E-state index < -0.39 is 0 Å². The Morgan fingerprint density at radius 2 is 2.20 bits per heavy atom. The number of nitrogens with zero attached hydrogens (tertiary/aromatic N) is 1. The number of ether oxygens (including phenoxy) is 1. The van der Waals surface area contributed by atoms with Crippen LogP contribution in [0.4, 0.5) is 4.79 Å². The van der Waals surface area contributed by atoms with E-state index in [-0.39, 0.29) is 18.7 Å². The number of carbonyl (C=O) groups excluding carboxylic acids is 1. The molecule has 0 aliphatic carbocycles. The van der Waals surface area contributed by atoms with Crippen LogP contribution in [0.15, 0.2) is 28.7 Å². The van der Waals surface area contributed by atoms with Gasteiger partial charge in [0, 0.05) is 11.0 Å². The van der Waals surface area contributed by atoms with Crippen molar-refractivity contribution in [3.8, 4) is 5.75 Å². The zero-order chi connectivity index (χ0) is 14.4. The van der Waals surface area contributed by atoms with Gasteiger partial charge in [0.25, 0.3) is 0 Å². The number of urea groups is 1. The van der Waals surface area contributed by atoms with Crippen LogP contribution in [0.1, 0.15) is 12.8 Å². The zero-order valence-corrected chi connectivity index (χ0v) is 12.8. The molecule has 2 amide bonds. The molecule has 1 heterocycles. The molecule has 1 aromatic carbocycles. The van der Waals surface area contributed by atoms with Gasteiger partial charge >= 0.3 is 6.03 Å². The lowest BCUT2D eigenvalue weighted by Gasteiger charge is -2.23. The number of nitrogens with one attached hydrogen (secondary N) is 1. The van der Waals surface area contributed by atoms with Crippen molar-refractivity contribution in [2.45, 2.75) is 18.9 Å². The first-order valence-corrected chi connectivity index (χ1v) is 7.53. The third kappa shape index (κ3) is 4.11. The summed E-state index contributed by atoms with van der Waals surface area (Å²) in [5.41, 5.74) is 0. The summed E-state index contributed by atoms with van der Waals surface area (Å²) in [6.07, 6.45) is 1.83. The average Bonchev–Trinajstić information content (AvgIpc) is 2.94. The summed E-state index contributed by atoms with van der Waals surface area (Å²) in [4.78, 5) is 13.6. The van der Waals surface area contributed by atoms with Crippen LogP contribution in [0.5, 0.6) is 5.75 Å². The van der Waals surface area contributed by atoms with Gasteiger partial charge in [-0.3, -0.25) is 0 Å². The number of hydrogen-bond acceptors (Lipinski definition) is 3. The SMILES string of the molecule is O=C(NCCOc1ccc(Br)cc1)N1CCCC1CO. The minimum absolute atomic E-state index is 0.0306. The van der Waals surface area contributed by atoms with E-state index in [9.17, 15) is 9.90 Å². The molecule has 0 saturated carbocycles. The molecule has 0 bridgehead atoms. The highest BCUT2D eigenvalue weighted by atomic mass is 79.9. The fourth-order valence-corrected chi connectivity index (χ4v) is 2.52. The molecule has 20 heavy (non-hydrogen) atoms. The summed E-state index contributed by atoms with van der Waals surface area (Å²) in [7, 11) is 0. The summed E-state index contributed by atoms with van der Waals surface area (Å²) < 4.78 is 6.53. The molecule has 2 rings (SSSR count). The third-order valence-corrected chi connectivity index (χ3v) is 3.84. The smallest absolute Gasteiger partial charge is 0.317 e. The molecular weight excluding hydrogens is 324 g/mol. The van der Waals surface area contributed by atoms with Crippen molar-refractivity contribution in [3.05, 3.63) is 28.7 Å². The number of amides is 2. The monoisotopic (exact) mass is 342 g/mol. The summed E-state index contributed by atoms with van der Waals surface area (Å²) in [5, 5.41) is 12.0. The van der Waals surface area contributed by atoms with Gasteiger partial charge in [-0.05, 0) is 37.1 Å². The Morgan fingerprint density at radius 3 is 2.90 bits per heavy atom. The topological polar surface area (TPSA) is 61.8 Å². The second kappa shape index (κ2) is 7.50. The van der Waals surface area contributed by atoms with Crippen molar-refractivity contribution in [2.75, 3.05) is 26.3 Å². The summed E-state index contributed by atoms with van der Waals surface area (Å²) in [5.74, 6) is 0.775. The van der Waals surface area contributed by atoms with Crippen LogP contribution >= 0.6 is 15.9 Å². The second-order valence-corrected chi connectivity index (χ2v) is 5.62. The number of halogens is 1.